The Bertz CT molecular complexity index is 561. The molecule has 0 bridgehead atoms. The minimum Gasteiger partial charge on any atom is -0.389 e. The Morgan fingerprint density at radius 2 is 2.20 bits per heavy atom. The number of pyridine rings is 1. The van der Waals surface area contributed by atoms with Gasteiger partial charge in [-0.05, 0) is 12.1 Å². The molecule has 1 aliphatic heterocycles. The van der Waals surface area contributed by atoms with Crippen molar-refractivity contribution in [3.63, 3.8) is 0 Å². The highest BCUT2D eigenvalue weighted by Crippen LogP contribution is 2.29. The molecule has 1 amide bonds. The molecule has 1 aliphatic rings. The Labute approximate surface area is 117 Å². The standard InChI is InChI=1S/C11H11F3N4OS/c12-11(13,14)7-2-1-6(9(15)20)10(18-7)17-5-3-8(19)16-4-5/h1-2,5H,3-4H2,(H2,15,20)(H,16,19)(H,17,18). The number of halogens is 3. The summed E-state index contributed by atoms with van der Waals surface area (Å²) in [6.45, 7) is 0.313. The first-order valence-electron chi connectivity index (χ1n) is 5.68. The van der Waals surface area contributed by atoms with Crippen molar-refractivity contribution in [2.75, 3.05) is 11.9 Å². The van der Waals surface area contributed by atoms with Gasteiger partial charge in [-0.2, -0.15) is 13.2 Å². The lowest BCUT2D eigenvalue weighted by Gasteiger charge is -2.16. The summed E-state index contributed by atoms with van der Waals surface area (Å²) in [5.41, 5.74) is 4.63. The van der Waals surface area contributed by atoms with Crippen LogP contribution in [0.2, 0.25) is 0 Å². The van der Waals surface area contributed by atoms with Crippen molar-refractivity contribution in [3.05, 3.63) is 23.4 Å². The number of carbonyl (C=O) groups excluding carboxylic acids is 1. The number of hydrogen-bond acceptors (Lipinski definition) is 4. The van der Waals surface area contributed by atoms with E-state index < -0.39 is 11.9 Å². The number of hydrogen-bond donors (Lipinski definition) is 3. The molecule has 1 saturated heterocycles. The van der Waals surface area contributed by atoms with Gasteiger partial charge < -0.3 is 16.4 Å². The fraction of sp³-hybridized carbons (Fsp3) is 0.364. The average molecular weight is 304 g/mol. The monoisotopic (exact) mass is 304 g/mol. The molecule has 0 saturated carbocycles. The van der Waals surface area contributed by atoms with Gasteiger partial charge in [0.2, 0.25) is 5.91 Å². The van der Waals surface area contributed by atoms with Crippen LogP contribution in [0.25, 0.3) is 0 Å². The second-order valence-electron chi connectivity index (χ2n) is 4.30. The van der Waals surface area contributed by atoms with Crippen molar-refractivity contribution >= 4 is 28.9 Å². The van der Waals surface area contributed by atoms with Crippen LogP contribution in [0, 0.1) is 0 Å². The van der Waals surface area contributed by atoms with Gasteiger partial charge in [0.1, 0.15) is 16.5 Å². The molecule has 5 nitrogen and oxygen atoms in total. The normalized spacial score (nSPS) is 18.8. The van der Waals surface area contributed by atoms with Crippen LogP contribution in [0.15, 0.2) is 12.1 Å². The smallest absolute Gasteiger partial charge is 0.389 e. The van der Waals surface area contributed by atoms with Crippen molar-refractivity contribution in [1.29, 1.82) is 0 Å². The summed E-state index contributed by atoms with van der Waals surface area (Å²) >= 11 is 4.78. The first-order valence-corrected chi connectivity index (χ1v) is 6.09. The van der Waals surface area contributed by atoms with Gasteiger partial charge in [0.25, 0.3) is 0 Å². The number of anilines is 1. The molecular weight excluding hydrogens is 293 g/mol. The van der Waals surface area contributed by atoms with E-state index in [0.717, 1.165) is 6.07 Å². The topological polar surface area (TPSA) is 80.0 Å². The molecule has 1 fully saturated rings. The lowest BCUT2D eigenvalue weighted by atomic mass is 10.2. The molecule has 0 spiro atoms. The minimum absolute atomic E-state index is 0.0613. The number of thiocarbonyl (C=S) groups is 1. The lowest BCUT2D eigenvalue weighted by Crippen LogP contribution is -2.26. The number of nitrogens with two attached hydrogens (primary N) is 1. The highest BCUT2D eigenvalue weighted by atomic mass is 32.1. The van der Waals surface area contributed by atoms with E-state index in [4.69, 9.17) is 18.0 Å². The van der Waals surface area contributed by atoms with Gasteiger partial charge in [0, 0.05) is 13.0 Å². The van der Waals surface area contributed by atoms with E-state index in [0.29, 0.717) is 6.54 Å². The SMILES string of the molecule is NC(=S)c1ccc(C(F)(F)F)nc1NC1CNC(=O)C1. The molecule has 0 radical (unpaired) electrons. The van der Waals surface area contributed by atoms with Gasteiger partial charge in [-0.25, -0.2) is 4.98 Å². The summed E-state index contributed by atoms with van der Waals surface area (Å²) in [6, 6.07) is 1.65. The first kappa shape index (κ1) is 14.5. The third kappa shape index (κ3) is 3.16. The van der Waals surface area contributed by atoms with Crippen LogP contribution < -0.4 is 16.4 Å². The van der Waals surface area contributed by atoms with Crippen LogP contribution in [-0.4, -0.2) is 28.5 Å². The van der Waals surface area contributed by atoms with Gasteiger partial charge >= 0.3 is 6.18 Å². The molecule has 1 aromatic heterocycles. The molecule has 1 unspecified atom stereocenters. The largest absolute Gasteiger partial charge is 0.433 e. The summed E-state index contributed by atoms with van der Waals surface area (Å²) < 4.78 is 38.0. The van der Waals surface area contributed by atoms with Crippen LogP contribution >= 0.6 is 12.2 Å². The van der Waals surface area contributed by atoms with E-state index in [9.17, 15) is 18.0 Å². The molecular formula is C11H11F3N4OS. The van der Waals surface area contributed by atoms with Gasteiger partial charge in [0.05, 0.1) is 11.6 Å². The van der Waals surface area contributed by atoms with Crippen LogP contribution in [0.5, 0.6) is 0 Å². The van der Waals surface area contributed by atoms with Gasteiger partial charge in [-0.3, -0.25) is 4.79 Å². The van der Waals surface area contributed by atoms with Gasteiger partial charge in [-0.1, -0.05) is 12.2 Å². The quantitative estimate of drug-likeness (QED) is 0.727. The van der Waals surface area contributed by atoms with Crippen molar-refractivity contribution < 1.29 is 18.0 Å². The number of rotatable bonds is 3. The highest BCUT2D eigenvalue weighted by Gasteiger charge is 2.33. The molecule has 0 aromatic carbocycles. The Hall–Kier alpha value is -1.90. The van der Waals surface area contributed by atoms with Gasteiger partial charge in [-0.15, -0.1) is 0 Å². The Morgan fingerprint density at radius 3 is 2.70 bits per heavy atom. The van der Waals surface area contributed by atoms with E-state index in [-0.39, 0.29) is 34.7 Å². The predicted octanol–water partition coefficient (Wildman–Crippen LogP) is 1.03. The van der Waals surface area contributed by atoms with E-state index >= 15 is 0 Å². The second kappa shape index (κ2) is 5.23. The van der Waals surface area contributed by atoms with Gasteiger partial charge in [0.15, 0.2) is 0 Å². The minimum atomic E-state index is -4.56. The van der Waals surface area contributed by atoms with Crippen LogP contribution in [0.3, 0.4) is 0 Å². The maximum Gasteiger partial charge on any atom is 0.433 e. The van der Waals surface area contributed by atoms with E-state index in [1.807, 2.05) is 0 Å². The second-order valence-corrected chi connectivity index (χ2v) is 4.74. The van der Waals surface area contributed by atoms with E-state index in [2.05, 4.69) is 15.6 Å². The van der Waals surface area contributed by atoms with Crippen molar-refractivity contribution in [2.24, 2.45) is 5.73 Å². The predicted molar refractivity (Wildman–Crippen MR) is 70.2 cm³/mol. The molecule has 4 N–H and O–H groups in total. The Morgan fingerprint density at radius 1 is 1.50 bits per heavy atom. The van der Waals surface area contributed by atoms with Crippen LogP contribution in [0.1, 0.15) is 17.7 Å². The van der Waals surface area contributed by atoms with Crippen LogP contribution in [-0.2, 0) is 11.0 Å². The molecule has 9 heteroatoms. The Kier molecular flexibility index (Phi) is 3.80. The maximum atomic E-state index is 12.7. The average Bonchev–Trinajstić information content (AvgIpc) is 2.73. The zero-order valence-corrected chi connectivity index (χ0v) is 10.9. The maximum absolute atomic E-state index is 12.7. The van der Waals surface area contributed by atoms with E-state index in [1.54, 1.807) is 0 Å². The molecule has 0 aliphatic carbocycles. The van der Waals surface area contributed by atoms with E-state index in [1.165, 1.54) is 6.07 Å². The number of aromatic nitrogens is 1. The molecule has 108 valence electrons. The summed E-state index contributed by atoms with van der Waals surface area (Å²) in [7, 11) is 0. The fourth-order valence-electron chi connectivity index (χ4n) is 1.83. The highest BCUT2D eigenvalue weighted by molar-refractivity contribution is 7.80. The van der Waals surface area contributed by atoms with Crippen molar-refractivity contribution in [3.8, 4) is 0 Å². The fourth-order valence-corrected chi connectivity index (χ4v) is 1.99. The number of alkyl halides is 3. The molecule has 1 aromatic rings. The molecule has 2 heterocycles. The zero-order chi connectivity index (χ0) is 14.9. The number of amides is 1. The third-order valence-electron chi connectivity index (χ3n) is 2.77. The summed E-state index contributed by atoms with van der Waals surface area (Å²) in [6.07, 6.45) is -4.40. The zero-order valence-electron chi connectivity index (χ0n) is 10.1. The van der Waals surface area contributed by atoms with Crippen molar-refractivity contribution in [2.45, 2.75) is 18.6 Å². The van der Waals surface area contributed by atoms with Crippen LogP contribution in [0.4, 0.5) is 19.0 Å². The van der Waals surface area contributed by atoms with Crippen molar-refractivity contribution in [1.82, 2.24) is 10.3 Å². The summed E-state index contributed by atoms with van der Waals surface area (Å²) in [4.78, 5) is 14.5. The number of nitrogens with one attached hydrogen (secondary N) is 2. The molecule has 1 atom stereocenters. The first-order chi connectivity index (χ1) is 9.27. The number of nitrogens with zero attached hydrogens (tertiary/aromatic N) is 1. The molecule has 20 heavy (non-hydrogen) atoms. The Balaban J connectivity index is 2.32. The lowest BCUT2D eigenvalue weighted by molar-refractivity contribution is -0.141. The summed E-state index contributed by atoms with van der Waals surface area (Å²) in [5, 5.41) is 5.34. The number of carbonyl (C=O) groups is 1. The molecule has 2 rings (SSSR count). The third-order valence-corrected chi connectivity index (χ3v) is 2.99. The summed E-state index contributed by atoms with van der Waals surface area (Å²) in [5.74, 6) is -0.236.